The molecule has 0 aromatic carbocycles. The molecule has 0 aliphatic rings. The van der Waals surface area contributed by atoms with Crippen molar-refractivity contribution in [3.8, 4) is 0 Å². The molecule has 0 aliphatic carbocycles. The fourth-order valence-electron chi connectivity index (χ4n) is 0.226. The van der Waals surface area contributed by atoms with E-state index in [2.05, 4.69) is 17.4 Å². The normalized spacial score (nSPS) is 11.4. The van der Waals surface area contributed by atoms with E-state index in [1.807, 2.05) is 0 Å². The van der Waals surface area contributed by atoms with Gasteiger partial charge in [0.25, 0.3) is 0 Å². The van der Waals surface area contributed by atoms with Crippen molar-refractivity contribution in [3.63, 3.8) is 0 Å². The van der Waals surface area contributed by atoms with Crippen molar-refractivity contribution in [1.82, 2.24) is 0 Å². The summed E-state index contributed by atoms with van der Waals surface area (Å²) in [5.74, 6) is -0.0906. The summed E-state index contributed by atoms with van der Waals surface area (Å²) >= 11 is 3.78. The van der Waals surface area contributed by atoms with Gasteiger partial charge >= 0.3 is 7.40 Å². The zero-order valence-corrected chi connectivity index (χ0v) is 6.65. The second kappa shape index (κ2) is 6.19. The van der Waals surface area contributed by atoms with Crippen LogP contribution < -0.4 is 18.1 Å². The maximum atomic E-state index is 10.3. The molecule has 0 radical (unpaired) electrons. The van der Waals surface area contributed by atoms with Gasteiger partial charge in [0.1, 0.15) is 6.04 Å². The van der Waals surface area contributed by atoms with E-state index in [4.69, 9.17) is 5.73 Å². The molecule has 0 bridgehead atoms. The van der Waals surface area contributed by atoms with Crippen LogP contribution in [0.15, 0.2) is 0 Å². The first kappa shape index (κ1) is 11.8. The highest BCUT2D eigenvalue weighted by Crippen LogP contribution is 1.84. The lowest BCUT2D eigenvalue weighted by Crippen LogP contribution is -3.00. The smallest absolute Gasteiger partial charge is 1.00 e. The van der Waals surface area contributed by atoms with Gasteiger partial charge in [-0.15, -0.1) is 0 Å². The van der Waals surface area contributed by atoms with Gasteiger partial charge in [-0.3, -0.25) is 4.79 Å². The zero-order valence-electron chi connectivity index (χ0n) is 6.00. The zero-order chi connectivity index (χ0) is 6.57. The summed E-state index contributed by atoms with van der Waals surface area (Å²) in [6, 6.07) is -0.580. The number of halogens is 1. The van der Waals surface area contributed by atoms with Crippen LogP contribution in [0.1, 0.15) is 1.43 Å². The molecule has 0 aromatic rings. The highest BCUT2D eigenvalue weighted by Gasteiger charge is 2.09. The molecule has 0 spiro atoms. The second-order valence-corrected chi connectivity index (χ2v) is 1.68. The van der Waals surface area contributed by atoms with E-state index >= 15 is 0 Å². The van der Waals surface area contributed by atoms with Crippen molar-refractivity contribution in [2.75, 3.05) is 12.9 Å². The standard InChI is InChI=1S/C4H9NO2S.ClH/c1-7-4(6)3(5)2-8;/h3,8H,2,5H2,1H3;1H/t3-;/m0./s1. The monoisotopic (exact) mass is 171 g/mol. The Hall–Kier alpha value is 0.0700. The van der Waals surface area contributed by atoms with Gasteiger partial charge in [0.2, 0.25) is 0 Å². The summed E-state index contributed by atoms with van der Waals surface area (Å²) < 4.78 is 4.29. The van der Waals surface area contributed by atoms with Crippen LogP contribution in [0.3, 0.4) is 0 Å². The largest absolute Gasteiger partial charge is 1.00 e. The number of hydrogen-bond acceptors (Lipinski definition) is 4. The Kier molecular flexibility index (Phi) is 8.13. The van der Waals surface area contributed by atoms with Gasteiger partial charge in [-0.2, -0.15) is 12.6 Å². The van der Waals surface area contributed by atoms with E-state index in [9.17, 15) is 4.79 Å². The van der Waals surface area contributed by atoms with Gasteiger partial charge in [0.15, 0.2) is 0 Å². The van der Waals surface area contributed by atoms with Crippen LogP contribution in [0.2, 0.25) is 0 Å². The third kappa shape index (κ3) is 4.57. The van der Waals surface area contributed by atoms with Crippen LogP contribution in [0.25, 0.3) is 0 Å². The first-order valence-corrected chi connectivity index (χ1v) is 2.80. The van der Waals surface area contributed by atoms with E-state index in [-0.39, 0.29) is 13.8 Å². The summed E-state index contributed by atoms with van der Waals surface area (Å²) in [5.41, 5.74) is 5.18. The number of carbonyl (C=O) groups excluding carboxylic acids is 1. The van der Waals surface area contributed by atoms with Gasteiger partial charge < -0.3 is 22.9 Å². The molecule has 0 aliphatic heterocycles. The number of carbonyl (C=O) groups is 1. The van der Waals surface area contributed by atoms with Gasteiger partial charge in [-0.05, 0) is 0 Å². The van der Waals surface area contributed by atoms with Crippen LogP contribution >= 0.6 is 12.6 Å². The summed E-state index contributed by atoms with van der Waals surface area (Å²) in [5, 5.41) is 0. The molecule has 0 saturated heterocycles. The molecule has 56 valence electrons. The van der Waals surface area contributed by atoms with Crippen molar-refractivity contribution in [3.05, 3.63) is 0 Å². The van der Waals surface area contributed by atoms with Gasteiger partial charge in [-0.1, -0.05) is 0 Å². The first-order chi connectivity index (χ1) is 3.72. The Balaban J connectivity index is -0.000000245. The predicted octanol–water partition coefficient (Wildman–Crippen LogP) is -3.47. The van der Waals surface area contributed by atoms with Gasteiger partial charge in [0.05, 0.1) is 7.11 Å². The Bertz CT molecular complexity index is 95.3. The quantitative estimate of drug-likeness (QED) is 0.336. The summed E-state index contributed by atoms with van der Waals surface area (Å²) in [4.78, 5) is 10.3. The minimum atomic E-state index is -0.580. The lowest BCUT2D eigenvalue weighted by Gasteiger charge is -2.02. The summed E-state index contributed by atoms with van der Waals surface area (Å²) in [6.45, 7) is 0. The summed E-state index contributed by atoms with van der Waals surface area (Å²) in [7, 11) is 1.30. The number of methoxy groups -OCH3 is 1. The lowest BCUT2D eigenvalue weighted by atomic mass is 10.4. The molecular weight excluding hydrogens is 162 g/mol. The maximum Gasteiger partial charge on any atom is 1.00 e. The van der Waals surface area contributed by atoms with Crippen molar-refractivity contribution in [2.45, 2.75) is 6.04 Å². The van der Waals surface area contributed by atoms with Crippen LogP contribution in [-0.4, -0.2) is 24.9 Å². The molecule has 0 unspecified atom stereocenters. The molecule has 2 N–H and O–H groups in total. The average Bonchev–Trinajstić information content (AvgIpc) is 1.84. The molecule has 9 heavy (non-hydrogen) atoms. The number of hydrogen-bond donors (Lipinski definition) is 2. The third-order valence-corrected chi connectivity index (χ3v) is 1.09. The lowest BCUT2D eigenvalue weighted by molar-refractivity contribution is -0.141. The number of nitrogens with two attached hydrogens (primary N) is 1. The molecule has 0 heterocycles. The number of ether oxygens (including phenoxy) is 1. The molecule has 5 heteroatoms. The average molecular weight is 172 g/mol. The van der Waals surface area contributed by atoms with E-state index in [1.54, 1.807) is 0 Å². The minimum absolute atomic E-state index is 0. The molecular formula is C4H10ClNO2S. The Morgan fingerprint density at radius 1 is 2.00 bits per heavy atom. The predicted molar refractivity (Wildman–Crippen MR) is 35.0 cm³/mol. The second-order valence-electron chi connectivity index (χ2n) is 1.31. The first-order valence-electron chi connectivity index (χ1n) is 2.16. The van der Waals surface area contributed by atoms with Crippen molar-refractivity contribution < 1.29 is 23.4 Å². The van der Waals surface area contributed by atoms with Crippen molar-refractivity contribution in [2.24, 2.45) is 5.73 Å². The highest BCUT2D eigenvalue weighted by atomic mass is 35.5. The van der Waals surface area contributed by atoms with Crippen LogP contribution in [0, 0.1) is 0 Å². The highest BCUT2D eigenvalue weighted by molar-refractivity contribution is 7.80. The Labute approximate surface area is 67.2 Å². The SMILES string of the molecule is COC(=O)[C@@H](N)CS.[Cl-].[H+]. The topological polar surface area (TPSA) is 52.3 Å². The Morgan fingerprint density at radius 3 is 2.56 bits per heavy atom. The molecule has 0 rings (SSSR count). The molecule has 3 nitrogen and oxygen atoms in total. The van der Waals surface area contributed by atoms with Crippen molar-refractivity contribution >= 4 is 18.6 Å². The molecule has 1 atom stereocenters. The fourth-order valence-corrected chi connectivity index (χ4v) is 0.375. The molecule has 0 fully saturated rings. The van der Waals surface area contributed by atoms with E-state index in [0.717, 1.165) is 0 Å². The number of thiol groups is 1. The third-order valence-electron chi connectivity index (χ3n) is 0.701. The number of esters is 1. The maximum absolute atomic E-state index is 10.3. The summed E-state index contributed by atoms with van der Waals surface area (Å²) in [6.07, 6.45) is 0. The molecule has 0 saturated carbocycles. The molecule has 0 amide bonds. The molecule has 0 aromatic heterocycles. The van der Waals surface area contributed by atoms with E-state index in [1.165, 1.54) is 7.11 Å². The van der Waals surface area contributed by atoms with Crippen LogP contribution in [-0.2, 0) is 9.53 Å². The van der Waals surface area contributed by atoms with Gasteiger partial charge in [0, 0.05) is 5.75 Å². The Morgan fingerprint density at radius 2 is 2.44 bits per heavy atom. The van der Waals surface area contributed by atoms with Crippen molar-refractivity contribution in [1.29, 1.82) is 0 Å². The van der Waals surface area contributed by atoms with Crippen LogP contribution in [0.4, 0.5) is 0 Å². The van der Waals surface area contributed by atoms with Gasteiger partial charge in [-0.25, -0.2) is 0 Å². The van der Waals surface area contributed by atoms with E-state index < -0.39 is 12.0 Å². The van der Waals surface area contributed by atoms with Crippen LogP contribution in [0.5, 0.6) is 0 Å². The van der Waals surface area contributed by atoms with E-state index in [0.29, 0.717) is 5.75 Å². The minimum Gasteiger partial charge on any atom is -1.00 e. The fraction of sp³-hybridized carbons (Fsp3) is 0.750. The number of rotatable bonds is 2.